The summed E-state index contributed by atoms with van der Waals surface area (Å²) in [5, 5.41) is 26.5. The van der Waals surface area contributed by atoms with Gasteiger partial charge in [0.05, 0.1) is 22.2 Å². The smallest absolute Gasteiger partial charge is 0.411 e. The average Bonchev–Trinajstić information content (AvgIpc) is 3.00. The molecule has 1 aliphatic heterocycles. The summed E-state index contributed by atoms with van der Waals surface area (Å²) >= 11 is 5.98. The van der Waals surface area contributed by atoms with Crippen LogP contribution >= 0.6 is 11.6 Å². The normalized spacial score (nSPS) is 15.8. The molecule has 0 fully saturated rings. The van der Waals surface area contributed by atoms with Crippen LogP contribution in [0.25, 0.3) is 0 Å². The molecule has 0 aliphatic carbocycles. The van der Waals surface area contributed by atoms with Crippen LogP contribution in [0.5, 0.6) is 0 Å². The molecular formula is C19H17ClN6O5. The van der Waals surface area contributed by atoms with Gasteiger partial charge in [-0.2, -0.15) is 15.3 Å². The van der Waals surface area contributed by atoms with Crippen molar-refractivity contribution in [3.05, 3.63) is 63.7 Å². The van der Waals surface area contributed by atoms with Crippen LogP contribution in [-0.4, -0.2) is 46.8 Å². The average molecular weight is 445 g/mol. The van der Waals surface area contributed by atoms with E-state index in [9.17, 15) is 19.7 Å². The molecule has 160 valence electrons. The molecule has 0 bridgehead atoms. The second-order valence-corrected chi connectivity index (χ2v) is 6.75. The first-order valence-electron chi connectivity index (χ1n) is 9.05. The highest BCUT2D eigenvalue weighted by Gasteiger charge is 2.33. The molecule has 3 rings (SSSR count). The van der Waals surface area contributed by atoms with Crippen LogP contribution in [0.3, 0.4) is 0 Å². The van der Waals surface area contributed by atoms with Crippen molar-refractivity contribution >= 4 is 46.4 Å². The number of hydrogen-bond donors (Lipinski definition) is 1. The Morgan fingerprint density at radius 2 is 2.06 bits per heavy atom. The van der Waals surface area contributed by atoms with E-state index in [1.807, 2.05) is 6.07 Å². The fourth-order valence-corrected chi connectivity index (χ4v) is 2.83. The predicted molar refractivity (Wildman–Crippen MR) is 113 cm³/mol. The van der Waals surface area contributed by atoms with E-state index < -0.39 is 23.0 Å². The molecule has 2 aromatic carbocycles. The molecule has 0 spiro atoms. The summed E-state index contributed by atoms with van der Waals surface area (Å²) in [5.74, 6) is -0.439. The standard InChI is InChI=1S/C19H17ClN6O5/c1-12-17(23-22-16-8-7-14(26(29)30)11-15(16)20)18(27)25(24-12)9-10-31-19(28)21-13-5-3-2-4-6-13/h2-8,11,17H,9-10H2,1H3,(H,21,28). The molecule has 1 heterocycles. The van der Waals surface area contributed by atoms with Gasteiger partial charge in [-0.25, -0.2) is 9.80 Å². The highest BCUT2D eigenvalue weighted by molar-refractivity contribution is 6.33. The maximum absolute atomic E-state index is 12.5. The van der Waals surface area contributed by atoms with Crippen LogP contribution in [0, 0.1) is 10.1 Å². The summed E-state index contributed by atoms with van der Waals surface area (Å²) in [6.45, 7) is 1.59. The number of azo groups is 1. The van der Waals surface area contributed by atoms with Gasteiger partial charge in [-0.3, -0.25) is 20.2 Å². The molecule has 1 N–H and O–H groups in total. The van der Waals surface area contributed by atoms with Crippen molar-refractivity contribution in [2.75, 3.05) is 18.5 Å². The lowest BCUT2D eigenvalue weighted by molar-refractivity contribution is -0.384. The number of carbonyl (C=O) groups excluding carboxylic acids is 2. The maximum atomic E-state index is 12.5. The molecule has 0 saturated heterocycles. The fourth-order valence-electron chi connectivity index (χ4n) is 2.62. The van der Waals surface area contributed by atoms with Gasteiger partial charge in [-0.1, -0.05) is 29.8 Å². The summed E-state index contributed by atoms with van der Waals surface area (Å²) in [7, 11) is 0. The van der Waals surface area contributed by atoms with E-state index in [0.717, 1.165) is 11.1 Å². The third kappa shape index (κ3) is 5.60. The Kier molecular flexibility index (Phi) is 6.88. The number of hydrazone groups is 1. The first kappa shape index (κ1) is 21.8. The van der Waals surface area contributed by atoms with Crippen LogP contribution in [0.15, 0.2) is 63.9 Å². The lowest BCUT2D eigenvalue weighted by atomic mass is 10.2. The van der Waals surface area contributed by atoms with Crippen LogP contribution in [0.4, 0.5) is 21.9 Å². The molecule has 11 nitrogen and oxygen atoms in total. The quantitative estimate of drug-likeness (QED) is 0.388. The number of non-ortho nitro benzene ring substituents is 1. The number of nitrogens with zero attached hydrogens (tertiary/aromatic N) is 5. The molecular weight excluding hydrogens is 428 g/mol. The zero-order chi connectivity index (χ0) is 22.4. The van der Waals surface area contributed by atoms with Gasteiger partial charge in [0.15, 0.2) is 6.04 Å². The number of para-hydroxylation sites is 1. The first-order valence-corrected chi connectivity index (χ1v) is 9.43. The number of rotatable bonds is 7. The largest absolute Gasteiger partial charge is 0.447 e. The van der Waals surface area contributed by atoms with Gasteiger partial charge in [0.25, 0.3) is 11.6 Å². The van der Waals surface area contributed by atoms with E-state index in [0.29, 0.717) is 11.4 Å². The van der Waals surface area contributed by atoms with E-state index in [1.165, 1.54) is 12.1 Å². The van der Waals surface area contributed by atoms with E-state index >= 15 is 0 Å². The van der Waals surface area contributed by atoms with Gasteiger partial charge in [0, 0.05) is 17.8 Å². The third-order valence-electron chi connectivity index (χ3n) is 4.14. The molecule has 0 radical (unpaired) electrons. The van der Waals surface area contributed by atoms with Crippen LogP contribution in [0.2, 0.25) is 5.02 Å². The topological polar surface area (TPSA) is 139 Å². The summed E-state index contributed by atoms with van der Waals surface area (Å²) in [5.41, 5.74) is 0.998. The molecule has 31 heavy (non-hydrogen) atoms. The van der Waals surface area contributed by atoms with Crippen molar-refractivity contribution in [2.45, 2.75) is 13.0 Å². The van der Waals surface area contributed by atoms with Crippen LogP contribution in [0.1, 0.15) is 6.92 Å². The van der Waals surface area contributed by atoms with Crippen molar-refractivity contribution in [1.82, 2.24) is 5.01 Å². The number of amides is 2. The first-order chi connectivity index (χ1) is 14.8. The SMILES string of the molecule is CC1=NN(CCOC(=O)Nc2ccccc2)C(=O)C1N=Nc1ccc([N+](=O)[O-])cc1Cl. The van der Waals surface area contributed by atoms with Crippen molar-refractivity contribution in [3.63, 3.8) is 0 Å². The van der Waals surface area contributed by atoms with Gasteiger partial charge in [0.1, 0.15) is 12.3 Å². The number of ether oxygens (including phenoxy) is 1. The lowest BCUT2D eigenvalue weighted by Gasteiger charge is -2.13. The summed E-state index contributed by atoms with van der Waals surface area (Å²) in [6, 6.07) is 11.6. The van der Waals surface area contributed by atoms with Crippen LogP contribution in [-0.2, 0) is 9.53 Å². The minimum absolute atomic E-state index is 0.0349. The monoisotopic (exact) mass is 444 g/mol. The van der Waals surface area contributed by atoms with Crippen molar-refractivity contribution in [2.24, 2.45) is 15.3 Å². The van der Waals surface area contributed by atoms with Crippen molar-refractivity contribution in [1.29, 1.82) is 0 Å². The minimum Gasteiger partial charge on any atom is -0.447 e. The summed E-state index contributed by atoms with van der Waals surface area (Å²) in [4.78, 5) is 34.5. The second-order valence-electron chi connectivity index (χ2n) is 6.34. The Labute approximate surface area is 181 Å². The number of anilines is 1. The lowest BCUT2D eigenvalue weighted by Crippen LogP contribution is -2.32. The molecule has 0 aromatic heterocycles. The Morgan fingerprint density at radius 3 is 2.74 bits per heavy atom. The van der Waals surface area contributed by atoms with Gasteiger partial charge < -0.3 is 4.74 Å². The van der Waals surface area contributed by atoms with Crippen LogP contribution < -0.4 is 5.32 Å². The highest BCUT2D eigenvalue weighted by Crippen LogP contribution is 2.29. The van der Waals surface area contributed by atoms with E-state index in [1.54, 1.807) is 31.2 Å². The molecule has 12 heteroatoms. The van der Waals surface area contributed by atoms with Crippen molar-refractivity contribution < 1.29 is 19.2 Å². The Bertz CT molecular complexity index is 1060. The molecule has 0 saturated carbocycles. The zero-order valence-corrected chi connectivity index (χ0v) is 17.0. The second kappa shape index (κ2) is 9.76. The third-order valence-corrected chi connectivity index (χ3v) is 4.44. The number of hydrogen-bond acceptors (Lipinski definition) is 8. The Morgan fingerprint density at radius 1 is 1.32 bits per heavy atom. The molecule has 2 aromatic rings. The highest BCUT2D eigenvalue weighted by atomic mass is 35.5. The number of nitro benzene ring substituents is 1. The Hall–Kier alpha value is -3.86. The Balaban J connectivity index is 1.53. The van der Waals surface area contributed by atoms with Gasteiger partial charge >= 0.3 is 6.09 Å². The number of nitro groups is 1. The zero-order valence-electron chi connectivity index (χ0n) is 16.3. The fraction of sp³-hybridized carbons (Fsp3) is 0.211. The number of benzene rings is 2. The number of nitrogens with one attached hydrogen (secondary N) is 1. The van der Waals surface area contributed by atoms with E-state index in [-0.39, 0.29) is 29.5 Å². The van der Waals surface area contributed by atoms with E-state index in [2.05, 4.69) is 20.6 Å². The maximum Gasteiger partial charge on any atom is 0.411 e. The molecule has 1 unspecified atom stereocenters. The van der Waals surface area contributed by atoms with Gasteiger partial charge in [-0.05, 0) is 25.1 Å². The van der Waals surface area contributed by atoms with Gasteiger partial charge in [0.2, 0.25) is 0 Å². The summed E-state index contributed by atoms with van der Waals surface area (Å²) < 4.78 is 5.06. The minimum atomic E-state index is -0.954. The van der Waals surface area contributed by atoms with E-state index in [4.69, 9.17) is 16.3 Å². The molecule has 1 aliphatic rings. The number of halogens is 1. The van der Waals surface area contributed by atoms with Gasteiger partial charge in [-0.15, -0.1) is 0 Å². The molecule has 1 atom stereocenters. The summed E-state index contributed by atoms with van der Waals surface area (Å²) in [6.07, 6.45) is -0.650. The molecule has 2 amide bonds. The number of carbonyl (C=O) groups is 2. The van der Waals surface area contributed by atoms with Crippen molar-refractivity contribution in [3.8, 4) is 0 Å². The predicted octanol–water partition coefficient (Wildman–Crippen LogP) is 4.17.